The normalized spacial score (nSPS) is 16.7. The Bertz CT molecular complexity index is 517. The third-order valence-electron chi connectivity index (χ3n) is 5.29. The number of benzene rings is 1. The van der Waals surface area contributed by atoms with Crippen molar-refractivity contribution >= 4 is 11.6 Å². The van der Waals surface area contributed by atoms with Gasteiger partial charge in [-0.2, -0.15) is 0 Å². The van der Waals surface area contributed by atoms with Crippen LogP contribution in [0.2, 0.25) is 0 Å². The lowest BCUT2D eigenvalue weighted by atomic mass is 9.92. The summed E-state index contributed by atoms with van der Waals surface area (Å²) in [7, 11) is 0. The van der Waals surface area contributed by atoms with Crippen molar-refractivity contribution in [1.29, 1.82) is 0 Å². The van der Waals surface area contributed by atoms with E-state index in [0.29, 0.717) is 24.4 Å². The van der Waals surface area contributed by atoms with Crippen LogP contribution in [0.5, 0.6) is 0 Å². The zero-order chi connectivity index (χ0) is 18.2. The maximum absolute atomic E-state index is 12.6. The van der Waals surface area contributed by atoms with Gasteiger partial charge >= 0.3 is 0 Å². The van der Waals surface area contributed by atoms with Gasteiger partial charge in [-0.3, -0.25) is 4.79 Å². The van der Waals surface area contributed by atoms with E-state index in [1.54, 1.807) is 0 Å². The highest BCUT2D eigenvalue weighted by molar-refractivity contribution is 5.94. The minimum absolute atomic E-state index is 0.0806. The van der Waals surface area contributed by atoms with E-state index in [2.05, 4.69) is 56.5 Å². The van der Waals surface area contributed by atoms with Crippen molar-refractivity contribution in [2.75, 3.05) is 11.9 Å². The van der Waals surface area contributed by atoms with Crippen LogP contribution in [0.3, 0.4) is 0 Å². The number of carbonyl (C=O) groups is 1. The molecule has 1 fully saturated rings. The van der Waals surface area contributed by atoms with Crippen molar-refractivity contribution in [1.82, 2.24) is 5.32 Å². The van der Waals surface area contributed by atoms with Crippen LogP contribution < -0.4 is 10.6 Å². The van der Waals surface area contributed by atoms with Gasteiger partial charge < -0.3 is 10.6 Å². The summed E-state index contributed by atoms with van der Waals surface area (Å²) < 4.78 is 0. The van der Waals surface area contributed by atoms with Gasteiger partial charge in [0.2, 0.25) is 5.91 Å². The summed E-state index contributed by atoms with van der Waals surface area (Å²) in [5, 5.41) is 6.70. The van der Waals surface area contributed by atoms with Crippen molar-refractivity contribution in [3.63, 3.8) is 0 Å². The Morgan fingerprint density at radius 2 is 1.48 bits per heavy atom. The molecule has 1 amide bonds. The lowest BCUT2D eigenvalue weighted by Gasteiger charge is -2.22. The van der Waals surface area contributed by atoms with E-state index in [4.69, 9.17) is 0 Å². The SMILES string of the molecule is CC(C)c1cccc(C(C)C)c1NC(=O)CNC1CCCCCCC1. The Kier molecular flexibility index (Phi) is 7.95. The summed E-state index contributed by atoms with van der Waals surface area (Å²) in [6.07, 6.45) is 9.02. The monoisotopic (exact) mass is 344 g/mol. The first-order chi connectivity index (χ1) is 12.0. The molecule has 2 rings (SSSR count). The fraction of sp³-hybridized carbons (Fsp3) is 0.682. The smallest absolute Gasteiger partial charge is 0.238 e. The Morgan fingerprint density at radius 3 is 2.00 bits per heavy atom. The summed E-state index contributed by atoms with van der Waals surface area (Å²) in [5.41, 5.74) is 3.48. The zero-order valence-electron chi connectivity index (χ0n) is 16.5. The van der Waals surface area contributed by atoms with E-state index in [-0.39, 0.29) is 5.91 Å². The Labute approximate surface area is 154 Å². The van der Waals surface area contributed by atoms with Crippen LogP contribution in [-0.4, -0.2) is 18.5 Å². The van der Waals surface area contributed by atoms with Crippen LogP contribution in [0, 0.1) is 0 Å². The quantitative estimate of drug-likeness (QED) is 0.708. The molecule has 140 valence electrons. The van der Waals surface area contributed by atoms with E-state index in [1.165, 1.54) is 56.1 Å². The number of amides is 1. The lowest BCUT2D eigenvalue weighted by Crippen LogP contribution is -2.36. The third-order valence-corrected chi connectivity index (χ3v) is 5.29. The van der Waals surface area contributed by atoms with Gasteiger partial charge in [0, 0.05) is 11.7 Å². The third kappa shape index (κ3) is 6.14. The second-order valence-corrected chi connectivity index (χ2v) is 8.09. The molecule has 0 radical (unpaired) electrons. The Balaban J connectivity index is 1.99. The van der Waals surface area contributed by atoms with Gasteiger partial charge in [0.25, 0.3) is 0 Å². The number of rotatable bonds is 6. The summed E-state index contributed by atoms with van der Waals surface area (Å²) in [4.78, 5) is 12.6. The average Bonchev–Trinajstić information content (AvgIpc) is 2.53. The largest absolute Gasteiger partial charge is 0.324 e. The molecule has 0 spiro atoms. The van der Waals surface area contributed by atoms with Crippen molar-refractivity contribution in [2.24, 2.45) is 0 Å². The summed E-state index contributed by atoms with van der Waals surface area (Å²) in [5.74, 6) is 0.872. The summed E-state index contributed by atoms with van der Waals surface area (Å²) in [6.45, 7) is 9.14. The molecule has 1 aliphatic rings. The van der Waals surface area contributed by atoms with E-state index in [9.17, 15) is 4.79 Å². The molecule has 0 unspecified atom stereocenters. The molecule has 0 saturated heterocycles. The van der Waals surface area contributed by atoms with Crippen LogP contribution in [0.1, 0.15) is 95.6 Å². The first-order valence-corrected chi connectivity index (χ1v) is 10.1. The van der Waals surface area contributed by atoms with Gasteiger partial charge in [-0.1, -0.05) is 78.0 Å². The second kappa shape index (κ2) is 9.96. The standard InChI is InChI=1S/C22H36N2O/c1-16(2)19-13-10-14-20(17(3)4)22(19)24-21(25)15-23-18-11-8-6-5-7-9-12-18/h10,13-14,16-18,23H,5-9,11-12,15H2,1-4H3,(H,24,25). The average molecular weight is 345 g/mol. The predicted octanol–water partition coefficient (Wildman–Crippen LogP) is 5.57. The molecule has 0 heterocycles. The number of hydrogen-bond donors (Lipinski definition) is 2. The number of para-hydroxylation sites is 1. The van der Waals surface area contributed by atoms with Crippen LogP contribution >= 0.6 is 0 Å². The van der Waals surface area contributed by atoms with E-state index in [1.807, 2.05) is 0 Å². The first kappa shape index (κ1) is 20.0. The fourth-order valence-corrected chi connectivity index (χ4v) is 3.78. The van der Waals surface area contributed by atoms with Crippen LogP contribution in [-0.2, 0) is 4.79 Å². The van der Waals surface area contributed by atoms with E-state index >= 15 is 0 Å². The molecule has 1 aromatic carbocycles. The number of anilines is 1. The van der Waals surface area contributed by atoms with Gasteiger partial charge in [0.1, 0.15) is 0 Å². The topological polar surface area (TPSA) is 41.1 Å². The predicted molar refractivity (Wildman–Crippen MR) is 107 cm³/mol. The minimum Gasteiger partial charge on any atom is -0.324 e. The molecule has 1 aliphatic carbocycles. The Hall–Kier alpha value is -1.35. The maximum Gasteiger partial charge on any atom is 0.238 e. The molecule has 3 heteroatoms. The molecular formula is C22H36N2O. The molecule has 0 aliphatic heterocycles. The molecule has 0 bridgehead atoms. The van der Waals surface area contributed by atoms with Gasteiger partial charge in [-0.05, 0) is 35.8 Å². The number of nitrogens with one attached hydrogen (secondary N) is 2. The van der Waals surface area contributed by atoms with Gasteiger partial charge in [-0.15, -0.1) is 0 Å². The van der Waals surface area contributed by atoms with Gasteiger partial charge in [-0.25, -0.2) is 0 Å². The summed E-state index contributed by atoms with van der Waals surface area (Å²) in [6, 6.07) is 6.87. The van der Waals surface area contributed by atoms with E-state index in [0.717, 1.165) is 5.69 Å². The molecule has 3 nitrogen and oxygen atoms in total. The summed E-state index contributed by atoms with van der Waals surface area (Å²) >= 11 is 0. The molecule has 25 heavy (non-hydrogen) atoms. The van der Waals surface area contributed by atoms with Crippen LogP contribution in [0.4, 0.5) is 5.69 Å². The van der Waals surface area contributed by atoms with Crippen LogP contribution in [0.15, 0.2) is 18.2 Å². The van der Waals surface area contributed by atoms with Crippen LogP contribution in [0.25, 0.3) is 0 Å². The molecule has 1 aromatic rings. The molecule has 0 aromatic heterocycles. The highest BCUT2D eigenvalue weighted by atomic mass is 16.1. The zero-order valence-corrected chi connectivity index (χ0v) is 16.5. The van der Waals surface area contributed by atoms with Gasteiger partial charge in [0.15, 0.2) is 0 Å². The molecular weight excluding hydrogens is 308 g/mol. The highest BCUT2D eigenvalue weighted by Gasteiger charge is 2.17. The van der Waals surface area contributed by atoms with E-state index < -0.39 is 0 Å². The van der Waals surface area contributed by atoms with Crippen molar-refractivity contribution in [3.8, 4) is 0 Å². The number of carbonyl (C=O) groups excluding carboxylic acids is 1. The minimum atomic E-state index is 0.0806. The van der Waals surface area contributed by atoms with Crippen molar-refractivity contribution in [3.05, 3.63) is 29.3 Å². The highest BCUT2D eigenvalue weighted by Crippen LogP contribution is 2.32. The fourth-order valence-electron chi connectivity index (χ4n) is 3.78. The van der Waals surface area contributed by atoms with Crippen molar-refractivity contribution < 1.29 is 4.79 Å². The second-order valence-electron chi connectivity index (χ2n) is 8.09. The molecule has 2 N–H and O–H groups in total. The maximum atomic E-state index is 12.6. The molecule has 1 saturated carbocycles. The van der Waals surface area contributed by atoms with Gasteiger partial charge in [0.05, 0.1) is 6.54 Å². The number of hydrogen-bond acceptors (Lipinski definition) is 2. The lowest BCUT2D eigenvalue weighted by molar-refractivity contribution is -0.115. The molecule has 0 atom stereocenters. The first-order valence-electron chi connectivity index (χ1n) is 10.1. The van der Waals surface area contributed by atoms with Crippen molar-refractivity contribution in [2.45, 2.75) is 90.5 Å². The Morgan fingerprint density at radius 1 is 0.960 bits per heavy atom.